The minimum Gasteiger partial charge on any atom is -0.508 e. The number of nitro benzene ring substituents is 1. The summed E-state index contributed by atoms with van der Waals surface area (Å²) in [6, 6.07) is 11.6. The topological polar surface area (TPSA) is 135 Å². The van der Waals surface area contributed by atoms with E-state index < -0.39 is 34.0 Å². The summed E-state index contributed by atoms with van der Waals surface area (Å²) in [6.45, 7) is 0. The van der Waals surface area contributed by atoms with Crippen LogP contribution < -0.4 is 14.8 Å². The number of nitriles is 1. The number of ether oxygens (including phenoxy) is 2. The van der Waals surface area contributed by atoms with Gasteiger partial charge in [-0.05, 0) is 60.2 Å². The van der Waals surface area contributed by atoms with Crippen molar-refractivity contribution in [2.24, 2.45) is 0 Å². The number of hydrogen-bond acceptors (Lipinski definition) is 7. The van der Waals surface area contributed by atoms with Crippen LogP contribution in [0.3, 0.4) is 0 Å². The van der Waals surface area contributed by atoms with Gasteiger partial charge < -0.3 is 19.9 Å². The third-order valence-electron chi connectivity index (χ3n) is 4.75. The second kappa shape index (κ2) is 10.9. The lowest BCUT2D eigenvalue weighted by molar-refractivity contribution is -0.385. The quantitative estimate of drug-likeness (QED) is 0.119. The lowest BCUT2D eigenvalue weighted by Gasteiger charge is -2.14. The number of carbonyl (C=O) groups excluding carboxylic acids is 1. The van der Waals surface area contributed by atoms with Gasteiger partial charge in [-0.2, -0.15) is 18.4 Å². The van der Waals surface area contributed by atoms with Crippen molar-refractivity contribution in [1.29, 1.82) is 5.26 Å². The minimum absolute atomic E-state index is 0.0141. The van der Waals surface area contributed by atoms with Gasteiger partial charge in [0.1, 0.15) is 17.4 Å². The smallest absolute Gasteiger partial charge is 0.416 e. The highest BCUT2D eigenvalue weighted by atomic mass is 35.5. The van der Waals surface area contributed by atoms with Crippen molar-refractivity contribution < 1.29 is 37.5 Å². The molecule has 0 aliphatic heterocycles. The molecule has 190 valence electrons. The maximum atomic E-state index is 13.0. The minimum atomic E-state index is -4.81. The number of rotatable bonds is 7. The van der Waals surface area contributed by atoms with Gasteiger partial charge in [0.15, 0.2) is 11.5 Å². The van der Waals surface area contributed by atoms with Gasteiger partial charge in [0.25, 0.3) is 5.91 Å². The summed E-state index contributed by atoms with van der Waals surface area (Å²) in [5.74, 6) is -1.61. The Hall–Kier alpha value is -4.76. The number of nitrogens with zero attached hydrogens (tertiary/aromatic N) is 2. The molecule has 0 saturated carbocycles. The number of amides is 1. The highest BCUT2D eigenvalue weighted by Crippen LogP contribution is 2.43. The fraction of sp³-hybridized carbons (Fsp3) is 0.0833. The normalized spacial score (nSPS) is 11.4. The Morgan fingerprint density at radius 1 is 1.16 bits per heavy atom. The molecule has 3 rings (SSSR count). The number of phenols is 1. The van der Waals surface area contributed by atoms with Gasteiger partial charge in [-0.1, -0.05) is 11.6 Å². The van der Waals surface area contributed by atoms with E-state index in [2.05, 4.69) is 5.32 Å². The van der Waals surface area contributed by atoms with Crippen molar-refractivity contribution in [3.05, 3.63) is 86.4 Å². The molecule has 3 aromatic carbocycles. The molecule has 0 spiro atoms. The monoisotopic (exact) mass is 533 g/mol. The second-order valence-electron chi connectivity index (χ2n) is 7.24. The fourth-order valence-electron chi connectivity index (χ4n) is 3.01. The Balaban J connectivity index is 1.94. The van der Waals surface area contributed by atoms with Gasteiger partial charge in [0, 0.05) is 11.8 Å². The number of carbonyl (C=O) groups is 1. The molecule has 0 aliphatic carbocycles. The highest BCUT2D eigenvalue weighted by molar-refractivity contribution is 6.32. The van der Waals surface area contributed by atoms with E-state index in [1.165, 1.54) is 49.6 Å². The highest BCUT2D eigenvalue weighted by Gasteiger charge is 2.33. The van der Waals surface area contributed by atoms with Gasteiger partial charge in [-0.3, -0.25) is 14.9 Å². The largest absolute Gasteiger partial charge is 0.508 e. The molecule has 13 heteroatoms. The van der Waals surface area contributed by atoms with Crippen LogP contribution in [0.15, 0.2) is 60.2 Å². The van der Waals surface area contributed by atoms with Crippen molar-refractivity contribution >= 4 is 35.0 Å². The van der Waals surface area contributed by atoms with Gasteiger partial charge >= 0.3 is 11.9 Å². The van der Waals surface area contributed by atoms with Crippen molar-refractivity contribution in [1.82, 2.24) is 0 Å². The van der Waals surface area contributed by atoms with Crippen LogP contribution in [-0.2, 0) is 11.0 Å². The summed E-state index contributed by atoms with van der Waals surface area (Å²) in [7, 11) is 1.22. The maximum absolute atomic E-state index is 13.0. The van der Waals surface area contributed by atoms with E-state index in [1.54, 1.807) is 6.07 Å². The Morgan fingerprint density at radius 2 is 1.84 bits per heavy atom. The lowest BCUT2D eigenvalue weighted by Crippen LogP contribution is -2.13. The number of nitrogens with one attached hydrogen (secondary N) is 1. The Bertz CT molecular complexity index is 1430. The van der Waals surface area contributed by atoms with Crippen LogP contribution in [0.25, 0.3) is 6.08 Å². The van der Waals surface area contributed by atoms with E-state index in [1.807, 2.05) is 0 Å². The molecule has 0 fully saturated rings. The summed E-state index contributed by atoms with van der Waals surface area (Å²) < 4.78 is 49.6. The van der Waals surface area contributed by atoms with Crippen molar-refractivity contribution in [2.75, 3.05) is 12.4 Å². The van der Waals surface area contributed by atoms with Gasteiger partial charge in [0.05, 0.1) is 22.6 Å². The number of phenolic OH excluding ortho intramolecular Hbond substituents is 1. The zero-order chi connectivity index (χ0) is 27.3. The number of methoxy groups -OCH3 is 1. The Labute approximate surface area is 212 Å². The van der Waals surface area contributed by atoms with E-state index in [-0.39, 0.29) is 33.4 Å². The third-order valence-corrected chi connectivity index (χ3v) is 5.03. The number of anilines is 1. The summed E-state index contributed by atoms with van der Waals surface area (Å²) in [5, 5.41) is 32.4. The molecule has 0 aliphatic rings. The molecule has 2 N–H and O–H groups in total. The van der Waals surface area contributed by atoms with E-state index in [9.17, 15) is 38.4 Å². The van der Waals surface area contributed by atoms with E-state index in [0.29, 0.717) is 17.8 Å². The molecule has 0 radical (unpaired) electrons. The maximum Gasteiger partial charge on any atom is 0.416 e. The molecule has 9 nitrogen and oxygen atoms in total. The lowest BCUT2D eigenvalue weighted by atomic mass is 10.1. The third kappa shape index (κ3) is 6.47. The number of benzene rings is 3. The number of halogens is 4. The molecule has 0 heterocycles. The van der Waals surface area contributed by atoms with Crippen LogP contribution in [0.1, 0.15) is 11.1 Å². The van der Waals surface area contributed by atoms with Gasteiger partial charge in [-0.25, -0.2) is 0 Å². The fourth-order valence-corrected chi connectivity index (χ4v) is 3.27. The summed E-state index contributed by atoms with van der Waals surface area (Å²) in [6.07, 6.45) is -3.62. The van der Waals surface area contributed by atoms with E-state index in [4.69, 9.17) is 21.1 Å². The number of alkyl halides is 3. The number of nitro groups is 1. The SMILES string of the molecule is COc1cc(/C=C(\C#N)C(=O)Nc2ccc(O)cc2)cc(Cl)c1Oc1ccc(C(F)(F)F)cc1[N+](=O)[O-]. The first-order valence-electron chi connectivity index (χ1n) is 10.1. The molecule has 0 atom stereocenters. The average Bonchev–Trinajstić information content (AvgIpc) is 2.84. The molecule has 1 amide bonds. The van der Waals surface area contributed by atoms with Crippen molar-refractivity contribution in [3.63, 3.8) is 0 Å². The van der Waals surface area contributed by atoms with Gasteiger partial charge in [0.2, 0.25) is 5.75 Å². The average molecular weight is 534 g/mol. The molecular weight excluding hydrogens is 519 g/mol. The van der Waals surface area contributed by atoms with Crippen LogP contribution in [-0.4, -0.2) is 23.0 Å². The first kappa shape index (κ1) is 26.8. The zero-order valence-corrected chi connectivity index (χ0v) is 19.4. The van der Waals surface area contributed by atoms with Crippen LogP contribution in [0.4, 0.5) is 24.5 Å². The van der Waals surface area contributed by atoms with Crippen molar-refractivity contribution in [3.8, 4) is 29.1 Å². The molecule has 37 heavy (non-hydrogen) atoms. The first-order valence-corrected chi connectivity index (χ1v) is 10.4. The Morgan fingerprint density at radius 3 is 2.41 bits per heavy atom. The molecule has 0 unspecified atom stereocenters. The summed E-state index contributed by atoms with van der Waals surface area (Å²) in [4.78, 5) is 22.8. The zero-order valence-electron chi connectivity index (χ0n) is 18.7. The van der Waals surface area contributed by atoms with Crippen molar-refractivity contribution in [2.45, 2.75) is 6.18 Å². The molecule has 0 aromatic heterocycles. The van der Waals surface area contributed by atoms with Crippen LogP contribution in [0, 0.1) is 21.4 Å². The Kier molecular flexibility index (Phi) is 7.89. The standard InChI is InChI=1S/C24H15ClF3N3O6/c1-36-21-10-13(8-14(12-29)23(33)30-16-3-5-17(32)6-4-16)9-18(25)22(21)37-20-7-2-15(24(26,27)28)11-19(20)31(34)35/h2-11,32H,1H3,(H,30,33)/b14-8+. The predicted octanol–water partition coefficient (Wildman–Crippen LogP) is 6.32. The van der Waals surface area contributed by atoms with Gasteiger partial charge in [-0.15, -0.1) is 0 Å². The first-order chi connectivity index (χ1) is 17.4. The summed E-state index contributed by atoms with van der Waals surface area (Å²) in [5.41, 5.74) is -1.97. The van der Waals surface area contributed by atoms with Crippen LogP contribution >= 0.6 is 11.6 Å². The van der Waals surface area contributed by atoms with E-state index in [0.717, 1.165) is 6.07 Å². The number of hydrogen-bond donors (Lipinski definition) is 2. The molecule has 3 aromatic rings. The summed E-state index contributed by atoms with van der Waals surface area (Å²) >= 11 is 6.26. The van der Waals surface area contributed by atoms with Crippen LogP contribution in [0.2, 0.25) is 5.02 Å². The molecule has 0 saturated heterocycles. The van der Waals surface area contributed by atoms with Crippen LogP contribution in [0.5, 0.6) is 23.0 Å². The number of aromatic hydroxyl groups is 1. The molecular formula is C24H15ClF3N3O6. The molecule has 0 bridgehead atoms. The second-order valence-corrected chi connectivity index (χ2v) is 7.65. The van der Waals surface area contributed by atoms with E-state index >= 15 is 0 Å². The predicted molar refractivity (Wildman–Crippen MR) is 127 cm³/mol.